The van der Waals surface area contributed by atoms with Crippen LogP contribution in [-0.2, 0) is 4.43 Å². The fraction of sp³-hybridized carbons (Fsp3) is 1.00. The summed E-state index contributed by atoms with van der Waals surface area (Å²) in [5, 5.41) is 0. The second-order valence-corrected chi connectivity index (χ2v) is 9.52. The molecule has 1 unspecified atom stereocenters. The summed E-state index contributed by atoms with van der Waals surface area (Å²) in [5.41, 5.74) is 0.774. The van der Waals surface area contributed by atoms with Gasteiger partial charge in [0.05, 0.1) is 0 Å². The molecule has 0 fully saturated rings. The zero-order valence-electron chi connectivity index (χ0n) is 9.69. The van der Waals surface area contributed by atoms with E-state index >= 15 is 0 Å². The minimum Gasteiger partial charge on any atom is -0.412 e. The Morgan fingerprint density at radius 3 is 1.92 bits per heavy atom. The van der Waals surface area contributed by atoms with E-state index in [1.54, 1.807) is 0 Å². The molecule has 0 heterocycles. The van der Waals surface area contributed by atoms with E-state index in [-0.39, 0.29) is 5.60 Å². The van der Waals surface area contributed by atoms with Crippen molar-refractivity contribution in [3.8, 4) is 0 Å². The Kier molecular flexibility index (Phi) is 3.98. The molecule has 74 valence electrons. The van der Waals surface area contributed by atoms with Crippen LogP contribution in [0.2, 0.25) is 18.6 Å². The van der Waals surface area contributed by atoms with Crippen LogP contribution < -0.4 is 0 Å². The maximum absolute atomic E-state index is 6.12. The molecule has 0 aliphatic heterocycles. The van der Waals surface area contributed by atoms with Gasteiger partial charge < -0.3 is 4.43 Å². The van der Waals surface area contributed by atoms with E-state index in [0.717, 1.165) is 5.54 Å². The van der Waals surface area contributed by atoms with Crippen molar-refractivity contribution in [2.45, 2.75) is 65.3 Å². The van der Waals surface area contributed by atoms with Crippen LogP contribution in [-0.4, -0.2) is 13.9 Å². The molecule has 0 aromatic rings. The Morgan fingerprint density at radius 1 is 1.25 bits per heavy atom. The Labute approximate surface area is 78.6 Å². The van der Waals surface area contributed by atoms with E-state index in [4.69, 9.17) is 4.43 Å². The Bertz CT molecular complexity index is 135. The molecule has 0 bridgehead atoms. The van der Waals surface area contributed by atoms with Gasteiger partial charge in [0.1, 0.15) is 0 Å². The molecule has 0 aliphatic rings. The first-order valence-corrected chi connectivity index (χ1v) is 7.88. The van der Waals surface area contributed by atoms with E-state index in [1.165, 1.54) is 6.42 Å². The monoisotopic (exact) mass is 188 g/mol. The normalized spacial score (nSPS) is 16.2. The SMILES string of the molecule is CCC(C)[Si](C)(C)OC(C)(C)C. The Morgan fingerprint density at radius 2 is 1.67 bits per heavy atom. The predicted molar refractivity (Wildman–Crippen MR) is 58.0 cm³/mol. The third kappa shape index (κ3) is 4.26. The van der Waals surface area contributed by atoms with Crippen molar-refractivity contribution < 1.29 is 4.43 Å². The number of hydrogen-bond donors (Lipinski definition) is 0. The van der Waals surface area contributed by atoms with Gasteiger partial charge in [-0.2, -0.15) is 0 Å². The van der Waals surface area contributed by atoms with Gasteiger partial charge in [0, 0.05) is 5.60 Å². The van der Waals surface area contributed by atoms with Crippen molar-refractivity contribution in [1.82, 2.24) is 0 Å². The van der Waals surface area contributed by atoms with Gasteiger partial charge in [-0.1, -0.05) is 20.3 Å². The zero-order chi connectivity index (χ0) is 9.99. The molecule has 0 radical (unpaired) electrons. The molecule has 0 N–H and O–H groups in total. The zero-order valence-corrected chi connectivity index (χ0v) is 10.7. The average Bonchev–Trinajstić information content (AvgIpc) is 1.80. The van der Waals surface area contributed by atoms with Gasteiger partial charge in [-0.3, -0.25) is 0 Å². The topological polar surface area (TPSA) is 9.23 Å². The van der Waals surface area contributed by atoms with Gasteiger partial charge in [-0.25, -0.2) is 0 Å². The molecule has 0 aromatic heterocycles. The van der Waals surface area contributed by atoms with Gasteiger partial charge in [-0.05, 0) is 39.4 Å². The maximum atomic E-state index is 6.12. The predicted octanol–water partition coefficient (Wildman–Crippen LogP) is 3.81. The average molecular weight is 188 g/mol. The molecule has 0 amide bonds. The lowest BCUT2D eigenvalue weighted by atomic mass is 10.2. The first kappa shape index (κ1) is 12.2. The summed E-state index contributed by atoms with van der Waals surface area (Å²) in [7, 11) is -1.44. The van der Waals surface area contributed by atoms with Crippen molar-refractivity contribution in [2.75, 3.05) is 0 Å². The lowest BCUT2D eigenvalue weighted by Gasteiger charge is -2.36. The first-order valence-electron chi connectivity index (χ1n) is 4.89. The number of rotatable bonds is 3. The van der Waals surface area contributed by atoms with E-state index in [2.05, 4.69) is 47.7 Å². The highest BCUT2D eigenvalue weighted by molar-refractivity contribution is 6.72. The Balaban J connectivity index is 4.22. The summed E-state index contributed by atoms with van der Waals surface area (Å²) >= 11 is 0. The Hall–Kier alpha value is 0.177. The lowest BCUT2D eigenvalue weighted by Crippen LogP contribution is -2.42. The fourth-order valence-electron chi connectivity index (χ4n) is 1.38. The van der Waals surface area contributed by atoms with Gasteiger partial charge in [0.25, 0.3) is 0 Å². The van der Waals surface area contributed by atoms with E-state index in [0.29, 0.717) is 0 Å². The third-order valence-electron chi connectivity index (χ3n) is 2.37. The van der Waals surface area contributed by atoms with Crippen molar-refractivity contribution in [3.63, 3.8) is 0 Å². The second-order valence-electron chi connectivity index (χ2n) is 5.13. The van der Waals surface area contributed by atoms with Crippen molar-refractivity contribution in [2.24, 2.45) is 0 Å². The first-order chi connectivity index (χ1) is 5.19. The molecule has 2 heteroatoms. The molecule has 1 nitrogen and oxygen atoms in total. The van der Waals surface area contributed by atoms with Crippen molar-refractivity contribution >= 4 is 8.32 Å². The van der Waals surface area contributed by atoms with Crippen LogP contribution in [0.4, 0.5) is 0 Å². The van der Waals surface area contributed by atoms with Crippen LogP contribution >= 0.6 is 0 Å². The molecule has 0 spiro atoms. The lowest BCUT2D eigenvalue weighted by molar-refractivity contribution is 0.116. The van der Waals surface area contributed by atoms with Crippen molar-refractivity contribution in [1.29, 1.82) is 0 Å². The quantitative estimate of drug-likeness (QED) is 0.612. The maximum Gasteiger partial charge on any atom is 0.190 e. The van der Waals surface area contributed by atoms with Gasteiger partial charge in [-0.15, -0.1) is 0 Å². The molecule has 0 rings (SSSR count). The van der Waals surface area contributed by atoms with Gasteiger partial charge in [0.2, 0.25) is 0 Å². The summed E-state index contributed by atoms with van der Waals surface area (Å²) in [4.78, 5) is 0. The summed E-state index contributed by atoms with van der Waals surface area (Å²) in [6.45, 7) is 15.6. The molecule has 0 aromatic carbocycles. The summed E-state index contributed by atoms with van der Waals surface area (Å²) in [5.74, 6) is 0. The minimum absolute atomic E-state index is 0.0269. The van der Waals surface area contributed by atoms with Crippen LogP contribution in [0.3, 0.4) is 0 Å². The van der Waals surface area contributed by atoms with Crippen LogP contribution in [0, 0.1) is 0 Å². The highest BCUT2D eigenvalue weighted by atomic mass is 28.4. The molecule has 0 aliphatic carbocycles. The molecule has 0 saturated heterocycles. The standard InChI is InChI=1S/C10H24OSi/c1-8-9(2)12(6,7)11-10(3,4)5/h9H,8H2,1-7H3. The van der Waals surface area contributed by atoms with E-state index < -0.39 is 8.32 Å². The molecule has 0 saturated carbocycles. The van der Waals surface area contributed by atoms with Crippen molar-refractivity contribution in [3.05, 3.63) is 0 Å². The largest absolute Gasteiger partial charge is 0.412 e. The van der Waals surface area contributed by atoms with Gasteiger partial charge >= 0.3 is 0 Å². The summed E-state index contributed by atoms with van der Waals surface area (Å²) in [6.07, 6.45) is 1.23. The molecular formula is C10H24OSi. The molecular weight excluding hydrogens is 164 g/mol. The van der Waals surface area contributed by atoms with E-state index in [1.807, 2.05) is 0 Å². The summed E-state index contributed by atoms with van der Waals surface area (Å²) < 4.78 is 6.12. The third-order valence-corrected chi connectivity index (χ3v) is 6.29. The van der Waals surface area contributed by atoms with Crippen LogP contribution in [0.1, 0.15) is 41.0 Å². The van der Waals surface area contributed by atoms with Crippen LogP contribution in [0.15, 0.2) is 0 Å². The molecule has 1 atom stereocenters. The minimum atomic E-state index is -1.44. The second kappa shape index (κ2) is 3.92. The molecule has 12 heavy (non-hydrogen) atoms. The highest BCUT2D eigenvalue weighted by Gasteiger charge is 2.33. The summed E-state index contributed by atoms with van der Waals surface area (Å²) in [6, 6.07) is 0. The smallest absolute Gasteiger partial charge is 0.190 e. The van der Waals surface area contributed by atoms with Gasteiger partial charge in [0.15, 0.2) is 8.32 Å². The fourth-order valence-corrected chi connectivity index (χ4v) is 4.14. The number of hydrogen-bond acceptors (Lipinski definition) is 1. The van der Waals surface area contributed by atoms with E-state index in [9.17, 15) is 0 Å². The van der Waals surface area contributed by atoms with Crippen LogP contribution in [0.5, 0.6) is 0 Å². The van der Waals surface area contributed by atoms with Crippen LogP contribution in [0.25, 0.3) is 0 Å². The highest BCUT2D eigenvalue weighted by Crippen LogP contribution is 2.29.